The van der Waals surface area contributed by atoms with Crippen LogP contribution in [-0.4, -0.2) is 185 Å². The van der Waals surface area contributed by atoms with E-state index >= 15 is 0 Å². The molecule has 0 fully saturated rings. The van der Waals surface area contributed by atoms with E-state index in [1.807, 2.05) is 0 Å². The molecule has 0 aliphatic carbocycles. The largest absolute Gasteiger partial charge is 2.00 e. The third kappa shape index (κ3) is 28.7. The average Bonchev–Trinajstić information content (AvgIpc) is 2.40. The van der Waals surface area contributed by atoms with E-state index in [1.54, 1.807) is 0 Å². The van der Waals surface area contributed by atoms with Gasteiger partial charge in [0.2, 0.25) is 0 Å². The Bertz CT molecular complexity index is 483. The van der Waals surface area contributed by atoms with Crippen molar-refractivity contribution in [2.24, 2.45) is 0 Å². The summed E-state index contributed by atoms with van der Waals surface area (Å²) in [6, 6.07) is 5.54. The van der Waals surface area contributed by atoms with Gasteiger partial charge in [0, 0.05) is 5.97 Å². The predicted octanol–water partition coefficient (Wildman–Crippen LogP) is -3.80. The smallest absolute Gasteiger partial charge is 0.872 e. The molecule has 1 atom stereocenters. The monoisotopic (exact) mass is 459 g/mol. The number of carboxylic acids is 3. The van der Waals surface area contributed by atoms with Crippen LogP contribution in [0.2, 0.25) is 0 Å². The first kappa shape index (κ1) is 41.7. The number of aromatic carboxylic acids is 1. The maximum Gasteiger partial charge on any atom is 2.00 e. The molecule has 1 rings (SSSR count). The van der Waals surface area contributed by atoms with Crippen LogP contribution in [0.3, 0.4) is 0 Å². The van der Waals surface area contributed by atoms with Crippen molar-refractivity contribution in [2.45, 2.75) is 26.4 Å². The van der Waals surface area contributed by atoms with Gasteiger partial charge >= 0.3 is 157 Å². The molecule has 0 aliphatic rings. The minimum absolute atomic E-state index is 0. The predicted molar refractivity (Wildman–Crippen MR) is 87.8 cm³/mol. The van der Waals surface area contributed by atoms with E-state index in [0.29, 0.717) is 0 Å². The minimum Gasteiger partial charge on any atom is -0.872 e. The summed E-state index contributed by atoms with van der Waals surface area (Å²) in [5.74, 6) is -4.05. The third-order valence-corrected chi connectivity index (χ3v) is 1.75. The molecule has 12 heteroatoms. The first-order valence-corrected chi connectivity index (χ1v) is 5.71. The van der Waals surface area contributed by atoms with Gasteiger partial charge < -0.3 is 35.1 Å². The van der Waals surface area contributed by atoms with Crippen molar-refractivity contribution < 1.29 is 39.9 Å². The number of benzene rings is 1. The summed E-state index contributed by atoms with van der Waals surface area (Å²) in [6.07, 6.45) is -1.23. The topological polar surface area (TPSA) is 161 Å². The third-order valence-electron chi connectivity index (χ3n) is 1.75. The standard InChI is InChI=1S/C7H6O3.C3H6O3.C3H6O2.4Ca/c8-6-4-2-1-3-5(6)7(9)10;1-2(4)3(5)6;1-2-3(4)5;;;;/h1-4,8H,(H,9,10);2,4H,1H3,(H,5,6);2H2,1H3,(H,4,5);;;;/q;;;4*+2/p-3. The molecule has 0 heterocycles. The van der Waals surface area contributed by atoms with Gasteiger partial charge in [0.25, 0.3) is 0 Å². The van der Waals surface area contributed by atoms with E-state index in [2.05, 4.69) is 0 Å². The van der Waals surface area contributed by atoms with E-state index in [-0.39, 0.29) is 163 Å². The van der Waals surface area contributed by atoms with Gasteiger partial charge in [-0.25, -0.2) is 4.79 Å². The number of aliphatic hydroxyl groups excluding tert-OH is 1. The summed E-state index contributed by atoms with van der Waals surface area (Å²) in [6.45, 7) is 2.67. The summed E-state index contributed by atoms with van der Waals surface area (Å²) in [5, 5.41) is 45.6. The van der Waals surface area contributed by atoms with E-state index in [4.69, 9.17) is 10.2 Å². The fourth-order valence-electron chi connectivity index (χ4n) is 0.643. The number of aliphatic carboxylic acids is 2. The molecule has 118 valence electrons. The van der Waals surface area contributed by atoms with E-state index in [0.717, 1.165) is 6.92 Å². The van der Waals surface area contributed by atoms with Crippen molar-refractivity contribution in [3.63, 3.8) is 0 Å². The fourth-order valence-corrected chi connectivity index (χ4v) is 0.643. The van der Waals surface area contributed by atoms with Crippen molar-refractivity contribution in [1.29, 1.82) is 0 Å². The van der Waals surface area contributed by atoms with Crippen LogP contribution in [0.15, 0.2) is 24.3 Å². The summed E-state index contributed by atoms with van der Waals surface area (Å²) in [4.78, 5) is 28.8. The van der Waals surface area contributed by atoms with E-state index in [1.165, 1.54) is 31.2 Å². The Morgan fingerprint density at radius 3 is 1.52 bits per heavy atom. The maximum atomic E-state index is 10.7. The second-order valence-electron chi connectivity index (χ2n) is 3.52. The molecule has 2 N–H and O–H groups in total. The zero-order valence-corrected chi connectivity index (χ0v) is 23.1. The Balaban J connectivity index is -0.0000000537. The zero-order chi connectivity index (χ0) is 17.0. The number of hydrogen-bond donors (Lipinski definition) is 2. The number of carbonyl (C=O) groups is 3. The van der Waals surface area contributed by atoms with Crippen molar-refractivity contribution in [3.8, 4) is 5.75 Å². The molecular formula is C13H15Ca4O8+5. The second kappa shape index (κ2) is 26.4. The zero-order valence-electron chi connectivity index (χ0n) is 14.3. The first-order chi connectivity index (χ1) is 9.63. The Morgan fingerprint density at radius 2 is 1.36 bits per heavy atom. The van der Waals surface area contributed by atoms with Crippen LogP contribution in [0, 0.1) is 0 Å². The van der Waals surface area contributed by atoms with Gasteiger partial charge in [0.05, 0.1) is 17.6 Å². The van der Waals surface area contributed by atoms with E-state index < -0.39 is 29.8 Å². The minimum atomic E-state index is -1.44. The summed E-state index contributed by atoms with van der Waals surface area (Å²) in [5.41, 5.74) is -0.178. The summed E-state index contributed by atoms with van der Waals surface area (Å²) < 4.78 is 0. The molecule has 0 saturated carbocycles. The Morgan fingerprint density at radius 1 is 1.04 bits per heavy atom. The maximum absolute atomic E-state index is 10.7. The molecule has 1 aromatic carbocycles. The van der Waals surface area contributed by atoms with Crippen molar-refractivity contribution in [2.75, 3.05) is 0 Å². The van der Waals surface area contributed by atoms with Gasteiger partial charge in [-0.05, 0) is 19.4 Å². The molecule has 0 aromatic heterocycles. The normalized spacial score (nSPS) is 8.44. The molecule has 0 spiro atoms. The van der Waals surface area contributed by atoms with Crippen molar-refractivity contribution >= 4 is 169 Å². The number of hydrogen-bond acceptors (Lipinski definition) is 7. The van der Waals surface area contributed by atoms with Crippen LogP contribution in [0.25, 0.3) is 0 Å². The Hall–Kier alpha value is 2.43. The van der Waals surface area contributed by atoms with Crippen LogP contribution < -0.4 is 15.3 Å². The summed E-state index contributed by atoms with van der Waals surface area (Å²) >= 11 is 0. The van der Waals surface area contributed by atoms with Crippen molar-refractivity contribution in [1.82, 2.24) is 0 Å². The van der Waals surface area contributed by atoms with Crippen LogP contribution in [0.5, 0.6) is 5.75 Å². The number of rotatable bonds is 3. The molecule has 1 aromatic rings. The van der Waals surface area contributed by atoms with Crippen LogP contribution in [-0.2, 0) is 9.59 Å². The van der Waals surface area contributed by atoms with Crippen LogP contribution in [0.4, 0.5) is 0 Å². The summed E-state index contributed by atoms with van der Waals surface area (Å²) in [7, 11) is 0. The fraction of sp³-hybridized carbons (Fsp3) is 0.308. The SMILES string of the molecule is CC(O)C(=O)[O-].CCC(=O)[O-].O=C(O)c1ccccc1[O-].[Ca+2].[Ca+2].[Ca+2].[Ca+2]. The number of carboxylic acid groups (broad SMARTS) is 3. The van der Waals surface area contributed by atoms with Crippen LogP contribution >= 0.6 is 0 Å². The second-order valence-corrected chi connectivity index (χ2v) is 3.52. The Labute approximate surface area is 265 Å². The number of para-hydroxylation sites is 1. The van der Waals surface area contributed by atoms with Gasteiger partial charge in [-0.1, -0.05) is 30.9 Å². The molecule has 25 heavy (non-hydrogen) atoms. The molecule has 8 nitrogen and oxygen atoms in total. The van der Waals surface area contributed by atoms with Gasteiger partial charge in [-0.15, -0.1) is 0 Å². The molecule has 0 radical (unpaired) electrons. The molecule has 0 amide bonds. The molecule has 0 aliphatic heterocycles. The average molecular weight is 460 g/mol. The van der Waals surface area contributed by atoms with Gasteiger partial charge in [-0.2, -0.15) is 0 Å². The van der Waals surface area contributed by atoms with Crippen molar-refractivity contribution in [3.05, 3.63) is 29.8 Å². The molecular weight excluding hydrogens is 444 g/mol. The van der Waals surface area contributed by atoms with E-state index in [9.17, 15) is 29.7 Å². The van der Waals surface area contributed by atoms with Gasteiger partial charge in [0.1, 0.15) is 0 Å². The Kier molecular flexibility index (Phi) is 44.1. The quantitative estimate of drug-likeness (QED) is 0.435. The van der Waals surface area contributed by atoms with Gasteiger partial charge in [0.15, 0.2) is 0 Å². The number of aliphatic hydroxyl groups is 1. The number of carbonyl (C=O) groups excluding carboxylic acids is 2. The van der Waals surface area contributed by atoms with Crippen LogP contribution in [0.1, 0.15) is 30.6 Å². The molecule has 1 unspecified atom stereocenters. The van der Waals surface area contributed by atoms with Gasteiger partial charge in [-0.3, -0.25) is 0 Å². The first-order valence-electron chi connectivity index (χ1n) is 5.71. The molecule has 0 saturated heterocycles. The molecule has 0 bridgehead atoms.